The van der Waals surface area contributed by atoms with Crippen molar-refractivity contribution in [3.8, 4) is 11.3 Å². The number of aliphatic hydroxyl groups excluding tert-OH is 1. The van der Waals surface area contributed by atoms with Gasteiger partial charge in [0.15, 0.2) is 0 Å². The van der Waals surface area contributed by atoms with Crippen LogP contribution in [0, 0.1) is 6.92 Å². The number of amides is 2. The largest absolute Gasteiger partial charge is 0.393 e. The number of nitrogen functional groups attached to an aromatic ring is 1. The van der Waals surface area contributed by atoms with Crippen LogP contribution in [-0.4, -0.2) is 32.8 Å². The van der Waals surface area contributed by atoms with Gasteiger partial charge in [-0.1, -0.05) is 42.5 Å². The number of primary amides is 1. The zero-order valence-corrected chi connectivity index (χ0v) is 17.9. The first-order valence-electron chi connectivity index (χ1n) is 10.6. The molecule has 1 saturated carbocycles. The van der Waals surface area contributed by atoms with Gasteiger partial charge in [-0.3, -0.25) is 9.59 Å². The predicted molar refractivity (Wildman–Crippen MR) is 122 cm³/mol. The molecule has 0 aliphatic heterocycles. The molecule has 3 aromatic rings. The molecule has 8 nitrogen and oxygen atoms in total. The van der Waals surface area contributed by atoms with Gasteiger partial charge in [0.2, 0.25) is 0 Å². The van der Waals surface area contributed by atoms with Crippen molar-refractivity contribution in [3.05, 3.63) is 70.8 Å². The fourth-order valence-electron chi connectivity index (χ4n) is 4.21. The van der Waals surface area contributed by atoms with E-state index in [1.807, 2.05) is 49.4 Å². The van der Waals surface area contributed by atoms with Crippen LogP contribution in [0.25, 0.3) is 11.3 Å². The maximum atomic E-state index is 12.4. The molecule has 1 aliphatic carbocycles. The SMILES string of the molecule is Cc1ccccc1C(=O)NCc1ccc(-c2nn([C@H]3CC[C@@H](O)C3)c(N)c2C(N)=O)cc1. The topological polar surface area (TPSA) is 136 Å². The third-order valence-corrected chi connectivity index (χ3v) is 5.99. The van der Waals surface area contributed by atoms with Crippen LogP contribution in [-0.2, 0) is 6.54 Å². The molecule has 0 bridgehead atoms. The van der Waals surface area contributed by atoms with Crippen molar-refractivity contribution in [1.82, 2.24) is 15.1 Å². The number of nitrogens with zero attached hydrogens (tertiary/aromatic N) is 2. The predicted octanol–water partition coefficient (Wildman–Crippen LogP) is 2.56. The molecule has 4 rings (SSSR count). The molecule has 0 saturated heterocycles. The average molecular weight is 434 g/mol. The van der Waals surface area contributed by atoms with Crippen molar-refractivity contribution >= 4 is 17.6 Å². The number of aryl methyl sites for hydroxylation is 1. The smallest absolute Gasteiger partial charge is 0.254 e. The fraction of sp³-hybridized carbons (Fsp3) is 0.292. The number of aliphatic hydroxyl groups is 1. The molecule has 1 aliphatic rings. The highest BCUT2D eigenvalue weighted by molar-refractivity contribution is 6.03. The summed E-state index contributed by atoms with van der Waals surface area (Å²) in [5, 5.41) is 17.4. The fourth-order valence-corrected chi connectivity index (χ4v) is 4.21. The van der Waals surface area contributed by atoms with Crippen molar-refractivity contribution < 1.29 is 14.7 Å². The van der Waals surface area contributed by atoms with E-state index in [1.165, 1.54) is 0 Å². The first kappa shape index (κ1) is 21.6. The van der Waals surface area contributed by atoms with Gasteiger partial charge in [0.05, 0.1) is 12.1 Å². The number of nitrogens with two attached hydrogens (primary N) is 2. The Hall–Kier alpha value is -3.65. The number of aromatic nitrogens is 2. The molecule has 1 fully saturated rings. The molecule has 166 valence electrons. The normalized spacial score (nSPS) is 17.9. The van der Waals surface area contributed by atoms with E-state index in [0.717, 1.165) is 17.5 Å². The zero-order valence-electron chi connectivity index (χ0n) is 17.9. The number of carbonyl (C=O) groups is 2. The molecule has 0 unspecified atom stereocenters. The second-order valence-corrected chi connectivity index (χ2v) is 8.23. The van der Waals surface area contributed by atoms with E-state index in [1.54, 1.807) is 10.7 Å². The minimum absolute atomic E-state index is 0.0622. The minimum Gasteiger partial charge on any atom is -0.393 e. The van der Waals surface area contributed by atoms with E-state index in [4.69, 9.17) is 11.5 Å². The van der Waals surface area contributed by atoms with Crippen molar-refractivity contribution in [3.63, 3.8) is 0 Å². The van der Waals surface area contributed by atoms with Crippen molar-refractivity contribution in [2.75, 3.05) is 5.73 Å². The van der Waals surface area contributed by atoms with Crippen LogP contribution in [0.5, 0.6) is 0 Å². The Labute approximate surface area is 186 Å². The van der Waals surface area contributed by atoms with E-state index >= 15 is 0 Å². The summed E-state index contributed by atoms with van der Waals surface area (Å²) in [5.41, 5.74) is 15.6. The quantitative estimate of drug-likeness (QED) is 0.474. The Kier molecular flexibility index (Phi) is 5.96. The molecule has 2 amide bonds. The number of hydrogen-bond acceptors (Lipinski definition) is 5. The lowest BCUT2D eigenvalue weighted by atomic mass is 10.0. The number of anilines is 1. The maximum absolute atomic E-state index is 12.4. The maximum Gasteiger partial charge on any atom is 0.254 e. The zero-order chi connectivity index (χ0) is 22.8. The first-order chi connectivity index (χ1) is 15.3. The van der Waals surface area contributed by atoms with Gasteiger partial charge in [-0.25, -0.2) is 4.68 Å². The van der Waals surface area contributed by atoms with Gasteiger partial charge in [0.25, 0.3) is 11.8 Å². The van der Waals surface area contributed by atoms with Gasteiger partial charge in [-0.05, 0) is 43.4 Å². The molecule has 2 atom stereocenters. The van der Waals surface area contributed by atoms with Gasteiger partial charge in [0.1, 0.15) is 17.1 Å². The molecule has 0 radical (unpaired) electrons. The molecule has 32 heavy (non-hydrogen) atoms. The lowest BCUT2D eigenvalue weighted by molar-refractivity contribution is 0.0949. The van der Waals surface area contributed by atoms with E-state index in [-0.39, 0.29) is 23.3 Å². The Morgan fingerprint density at radius 2 is 1.88 bits per heavy atom. The first-order valence-corrected chi connectivity index (χ1v) is 10.6. The summed E-state index contributed by atoms with van der Waals surface area (Å²) in [6.07, 6.45) is 1.57. The summed E-state index contributed by atoms with van der Waals surface area (Å²) in [4.78, 5) is 24.5. The molecular formula is C24H27N5O3. The van der Waals surface area contributed by atoms with Gasteiger partial charge in [0, 0.05) is 17.7 Å². The van der Waals surface area contributed by atoms with Crippen LogP contribution in [0.1, 0.15) is 57.1 Å². The van der Waals surface area contributed by atoms with Crippen LogP contribution >= 0.6 is 0 Å². The summed E-state index contributed by atoms with van der Waals surface area (Å²) < 4.78 is 1.61. The highest BCUT2D eigenvalue weighted by atomic mass is 16.3. The monoisotopic (exact) mass is 433 g/mol. The van der Waals surface area contributed by atoms with Crippen LogP contribution in [0.2, 0.25) is 0 Å². The summed E-state index contributed by atoms with van der Waals surface area (Å²) in [5.74, 6) is -0.550. The van der Waals surface area contributed by atoms with Gasteiger partial charge >= 0.3 is 0 Å². The summed E-state index contributed by atoms with van der Waals surface area (Å²) in [6, 6.07) is 14.8. The highest BCUT2D eigenvalue weighted by Gasteiger charge is 2.30. The van der Waals surface area contributed by atoms with Crippen molar-refractivity contribution in [2.24, 2.45) is 5.73 Å². The number of benzene rings is 2. The van der Waals surface area contributed by atoms with Gasteiger partial charge in [-0.15, -0.1) is 0 Å². The van der Waals surface area contributed by atoms with E-state index in [0.29, 0.717) is 36.2 Å². The summed E-state index contributed by atoms with van der Waals surface area (Å²) in [7, 11) is 0. The van der Waals surface area contributed by atoms with Crippen LogP contribution in [0.4, 0.5) is 5.82 Å². The number of rotatable bonds is 6. The van der Waals surface area contributed by atoms with E-state index < -0.39 is 12.0 Å². The molecule has 6 N–H and O–H groups in total. The molecule has 8 heteroatoms. The molecule has 1 aromatic heterocycles. The van der Waals surface area contributed by atoms with Crippen molar-refractivity contribution in [2.45, 2.75) is 44.9 Å². The van der Waals surface area contributed by atoms with Crippen molar-refractivity contribution in [1.29, 1.82) is 0 Å². The van der Waals surface area contributed by atoms with E-state index in [2.05, 4.69) is 10.4 Å². The molecule has 2 aromatic carbocycles. The third-order valence-electron chi connectivity index (χ3n) is 5.99. The second kappa shape index (κ2) is 8.84. The lowest BCUT2D eigenvalue weighted by Crippen LogP contribution is -2.23. The average Bonchev–Trinajstić information content (AvgIpc) is 3.35. The number of carbonyl (C=O) groups excluding carboxylic acids is 2. The van der Waals surface area contributed by atoms with E-state index in [9.17, 15) is 14.7 Å². The lowest BCUT2D eigenvalue weighted by Gasteiger charge is -2.11. The van der Waals surface area contributed by atoms with Crippen LogP contribution in [0.3, 0.4) is 0 Å². The minimum atomic E-state index is -0.642. The standard InChI is InChI=1S/C24H27N5O3/c1-14-4-2-3-5-19(14)24(32)27-13-15-6-8-16(9-7-15)21-20(23(26)31)22(25)29(28-21)17-10-11-18(30)12-17/h2-9,17-18,30H,10-13,25H2,1H3,(H2,26,31)(H,27,32)/t17-,18+/m0/s1. The molecule has 0 spiro atoms. The number of hydrogen-bond donors (Lipinski definition) is 4. The second-order valence-electron chi connectivity index (χ2n) is 8.23. The molecule has 1 heterocycles. The number of nitrogens with one attached hydrogen (secondary N) is 1. The summed E-state index contributed by atoms with van der Waals surface area (Å²) >= 11 is 0. The summed E-state index contributed by atoms with van der Waals surface area (Å²) in [6.45, 7) is 2.27. The Bertz CT molecular complexity index is 1150. The van der Waals surface area contributed by atoms with Gasteiger partial charge < -0.3 is 21.9 Å². The highest BCUT2D eigenvalue weighted by Crippen LogP contribution is 2.35. The molecular weight excluding hydrogens is 406 g/mol. The Morgan fingerprint density at radius 1 is 1.16 bits per heavy atom. The third kappa shape index (κ3) is 4.22. The van der Waals surface area contributed by atoms with Gasteiger partial charge in [-0.2, -0.15) is 5.10 Å². The van der Waals surface area contributed by atoms with Crippen LogP contribution < -0.4 is 16.8 Å². The Morgan fingerprint density at radius 3 is 2.50 bits per heavy atom. The van der Waals surface area contributed by atoms with Crippen LogP contribution in [0.15, 0.2) is 48.5 Å². The Balaban J connectivity index is 1.53.